The van der Waals surface area contributed by atoms with Crippen molar-refractivity contribution in [2.24, 2.45) is 5.92 Å². The highest BCUT2D eigenvalue weighted by atomic mass is 32.2. The number of carboxylic acid groups (broad SMARTS) is 1. The average Bonchev–Trinajstić information content (AvgIpc) is 2.54. The Morgan fingerprint density at radius 3 is 2.60 bits per heavy atom. The van der Waals surface area contributed by atoms with Gasteiger partial charge in [-0.2, -0.15) is 0 Å². The number of anilines is 1. The van der Waals surface area contributed by atoms with Gasteiger partial charge in [0.15, 0.2) is 0 Å². The van der Waals surface area contributed by atoms with Crippen LogP contribution >= 0.6 is 0 Å². The molecule has 1 aromatic rings. The molecule has 3 N–H and O–H groups in total. The van der Waals surface area contributed by atoms with E-state index in [0.717, 1.165) is 6.42 Å². The highest BCUT2D eigenvalue weighted by Crippen LogP contribution is 2.21. The Bertz CT molecular complexity index is 659. The Balaban J connectivity index is 2.83. The molecule has 142 valence electrons. The number of ether oxygens (including phenoxy) is 1. The van der Waals surface area contributed by atoms with Gasteiger partial charge in [0.05, 0.1) is 10.5 Å². The summed E-state index contributed by atoms with van der Waals surface area (Å²) < 4.78 is 32.2. The van der Waals surface area contributed by atoms with Crippen molar-refractivity contribution < 1.29 is 23.1 Å². The number of nitrogens with one attached hydrogen (secondary N) is 2. The van der Waals surface area contributed by atoms with Gasteiger partial charge in [0.1, 0.15) is 0 Å². The molecule has 0 spiro atoms. The summed E-state index contributed by atoms with van der Waals surface area (Å²) in [6.45, 7) is 7.94. The van der Waals surface area contributed by atoms with Crippen LogP contribution in [0.3, 0.4) is 0 Å². The Kier molecular flexibility index (Phi) is 8.88. The molecule has 0 unspecified atom stereocenters. The second kappa shape index (κ2) is 10.4. The van der Waals surface area contributed by atoms with Gasteiger partial charge in [-0.3, -0.25) is 0 Å². The fraction of sp³-hybridized carbons (Fsp3) is 0.588. The first kappa shape index (κ1) is 21.4. The number of benzene rings is 1. The number of carboxylic acids is 1. The Morgan fingerprint density at radius 2 is 2.00 bits per heavy atom. The van der Waals surface area contributed by atoms with Crippen LogP contribution in [0.4, 0.5) is 5.69 Å². The molecule has 0 heterocycles. The standard InChI is InChI=1S/C17H28N2O5S/c1-4-24-11-5-9-19-25(22,23)14-6-7-16(15(12-14)17(20)21)18-10-8-13(2)3/h6-7,12-13,18-19H,4-5,8-11H2,1-3H3,(H,20,21). The van der Waals surface area contributed by atoms with Gasteiger partial charge in [-0.05, 0) is 43.9 Å². The van der Waals surface area contributed by atoms with Crippen LogP contribution < -0.4 is 10.0 Å². The van der Waals surface area contributed by atoms with E-state index in [-0.39, 0.29) is 17.0 Å². The molecule has 0 saturated heterocycles. The molecule has 0 bridgehead atoms. The minimum atomic E-state index is -3.75. The Labute approximate surface area is 149 Å². The predicted molar refractivity (Wildman–Crippen MR) is 97.6 cm³/mol. The molecule has 0 radical (unpaired) electrons. The van der Waals surface area contributed by atoms with Gasteiger partial charge < -0.3 is 15.2 Å². The molecule has 0 aliphatic heterocycles. The summed E-state index contributed by atoms with van der Waals surface area (Å²) in [5.41, 5.74) is 0.365. The number of rotatable bonds is 12. The molecule has 7 nitrogen and oxygen atoms in total. The van der Waals surface area contributed by atoms with E-state index < -0.39 is 16.0 Å². The second-order valence-electron chi connectivity index (χ2n) is 6.07. The molecular formula is C17H28N2O5S. The van der Waals surface area contributed by atoms with Crippen molar-refractivity contribution in [3.05, 3.63) is 23.8 Å². The van der Waals surface area contributed by atoms with Gasteiger partial charge in [-0.1, -0.05) is 13.8 Å². The SMILES string of the molecule is CCOCCCNS(=O)(=O)c1ccc(NCCC(C)C)c(C(=O)O)c1. The van der Waals surface area contributed by atoms with Crippen molar-refractivity contribution in [3.8, 4) is 0 Å². The van der Waals surface area contributed by atoms with Gasteiger partial charge in [0.25, 0.3) is 0 Å². The van der Waals surface area contributed by atoms with Crippen molar-refractivity contribution >= 4 is 21.7 Å². The van der Waals surface area contributed by atoms with Crippen molar-refractivity contribution in [3.63, 3.8) is 0 Å². The first-order valence-electron chi connectivity index (χ1n) is 8.46. The highest BCUT2D eigenvalue weighted by Gasteiger charge is 2.18. The van der Waals surface area contributed by atoms with E-state index in [0.29, 0.717) is 37.8 Å². The van der Waals surface area contributed by atoms with Crippen LogP contribution in [0.2, 0.25) is 0 Å². The Hall–Kier alpha value is -1.64. The van der Waals surface area contributed by atoms with Gasteiger partial charge in [-0.15, -0.1) is 0 Å². The maximum absolute atomic E-state index is 12.3. The summed E-state index contributed by atoms with van der Waals surface area (Å²) in [6, 6.07) is 4.10. The van der Waals surface area contributed by atoms with Crippen LogP contribution in [-0.4, -0.2) is 45.8 Å². The number of aromatic carboxylic acids is 1. The quantitative estimate of drug-likeness (QED) is 0.487. The first-order chi connectivity index (χ1) is 11.8. The third-order valence-corrected chi connectivity index (χ3v) is 4.99. The number of hydrogen-bond donors (Lipinski definition) is 3. The van der Waals surface area contributed by atoms with Crippen LogP contribution in [0, 0.1) is 5.92 Å². The summed E-state index contributed by atoms with van der Waals surface area (Å²) in [4.78, 5) is 11.4. The molecule has 1 rings (SSSR count). The molecule has 0 amide bonds. The van der Waals surface area contributed by atoms with Crippen LogP contribution in [-0.2, 0) is 14.8 Å². The first-order valence-corrected chi connectivity index (χ1v) is 9.95. The third-order valence-electron chi connectivity index (χ3n) is 3.53. The van der Waals surface area contributed by atoms with E-state index in [1.165, 1.54) is 18.2 Å². The zero-order valence-electron chi connectivity index (χ0n) is 15.0. The average molecular weight is 372 g/mol. The largest absolute Gasteiger partial charge is 0.478 e. The molecule has 1 aromatic carbocycles. The predicted octanol–water partition coefficient (Wildman–Crippen LogP) is 2.55. The normalized spacial score (nSPS) is 11.7. The zero-order valence-corrected chi connectivity index (χ0v) is 15.9. The van der Waals surface area contributed by atoms with Gasteiger partial charge >= 0.3 is 5.97 Å². The van der Waals surface area contributed by atoms with Crippen LogP contribution in [0.1, 0.15) is 44.0 Å². The van der Waals surface area contributed by atoms with Crippen molar-refractivity contribution in [2.75, 3.05) is 31.6 Å². The fourth-order valence-electron chi connectivity index (χ4n) is 2.13. The minimum absolute atomic E-state index is 0.0547. The van der Waals surface area contributed by atoms with E-state index in [1.54, 1.807) is 0 Å². The lowest BCUT2D eigenvalue weighted by Crippen LogP contribution is -2.26. The highest BCUT2D eigenvalue weighted by molar-refractivity contribution is 7.89. The van der Waals surface area contributed by atoms with Gasteiger partial charge in [0, 0.05) is 32.0 Å². The molecule has 0 aliphatic carbocycles. The molecule has 0 fully saturated rings. The molecule has 0 aliphatic rings. The van der Waals surface area contributed by atoms with Crippen molar-refractivity contribution in [1.82, 2.24) is 4.72 Å². The topological polar surface area (TPSA) is 105 Å². The number of sulfonamides is 1. The number of hydrogen-bond acceptors (Lipinski definition) is 5. The lowest BCUT2D eigenvalue weighted by atomic mass is 10.1. The smallest absolute Gasteiger partial charge is 0.337 e. The van der Waals surface area contributed by atoms with E-state index in [9.17, 15) is 18.3 Å². The molecule has 0 saturated carbocycles. The van der Waals surface area contributed by atoms with Crippen LogP contribution in [0.25, 0.3) is 0 Å². The van der Waals surface area contributed by atoms with E-state index in [2.05, 4.69) is 23.9 Å². The van der Waals surface area contributed by atoms with Crippen LogP contribution in [0.5, 0.6) is 0 Å². The number of carbonyl (C=O) groups is 1. The van der Waals surface area contributed by atoms with Crippen molar-refractivity contribution in [1.29, 1.82) is 0 Å². The summed E-state index contributed by atoms with van der Waals surface area (Å²) >= 11 is 0. The maximum Gasteiger partial charge on any atom is 0.337 e. The fourth-order valence-corrected chi connectivity index (χ4v) is 3.23. The molecular weight excluding hydrogens is 344 g/mol. The summed E-state index contributed by atoms with van der Waals surface area (Å²) in [5.74, 6) is -0.679. The lowest BCUT2D eigenvalue weighted by Gasteiger charge is -2.13. The monoisotopic (exact) mass is 372 g/mol. The van der Waals surface area contributed by atoms with E-state index >= 15 is 0 Å². The van der Waals surface area contributed by atoms with Crippen LogP contribution in [0.15, 0.2) is 23.1 Å². The van der Waals surface area contributed by atoms with E-state index in [4.69, 9.17) is 4.74 Å². The zero-order chi connectivity index (χ0) is 18.9. The molecule has 0 atom stereocenters. The van der Waals surface area contributed by atoms with Gasteiger partial charge in [-0.25, -0.2) is 17.9 Å². The summed E-state index contributed by atoms with van der Waals surface area (Å²) in [7, 11) is -3.75. The van der Waals surface area contributed by atoms with Gasteiger partial charge in [0.2, 0.25) is 10.0 Å². The minimum Gasteiger partial charge on any atom is -0.478 e. The molecule has 25 heavy (non-hydrogen) atoms. The summed E-state index contributed by atoms with van der Waals surface area (Å²) in [6.07, 6.45) is 1.44. The van der Waals surface area contributed by atoms with Crippen molar-refractivity contribution in [2.45, 2.75) is 38.5 Å². The molecule has 0 aromatic heterocycles. The maximum atomic E-state index is 12.3. The van der Waals surface area contributed by atoms with E-state index in [1.807, 2.05) is 6.92 Å². The second-order valence-corrected chi connectivity index (χ2v) is 7.84. The summed E-state index contributed by atoms with van der Waals surface area (Å²) in [5, 5.41) is 12.4. The third kappa shape index (κ3) is 7.41. The molecule has 8 heteroatoms. The lowest BCUT2D eigenvalue weighted by molar-refractivity contribution is 0.0697. The Morgan fingerprint density at radius 1 is 1.28 bits per heavy atom.